The molecule has 0 spiro atoms. The Labute approximate surface area is 315 Å². The molecular formula is C42H49ClF2N2O6. The third kappa shape index (κ3) is 8.65. The van der Waals surface area contributed by atoms with Crippen LogP contribution in [0.2, 0.25) is 5.02 Å². The lowest BCUT2D eigenvalue weighted by Gasteiger charge is -2.50. The van der Waals surface area contributed by atoms with Gasteiger partial charge in [-0.25, -0.2) is 13.6 Å². The van der Waals surface area contributed by atoms with Gasteiger partial charge in [0.05, 0.1) is 19.8 Å². The van der Waals surface area contributed by atoms with E-state index in [0.29, 0.717) is 44.2 Å². The molecule has 2 heterocycles. The Hall–Kier alpha value is -4.15. The maximum Gasteiger partial charge on any atom is 0.411 e. The second-order valence-corrected chi connectivity index (χ2v) is 15.8. The number of methoxy groups -OCH3 is 1. The van der Waals surface area contributed by atoms with Crippen LogP contribution in [0.4, 0.5) is 13.6 Å². The minimum atomic E-state index is -0.741. The highest BCUT2D eigenvalue weighted by Gasteiger charge is 2.49. The van der Waals surface area contributed by atoms with Gasteiger partial charge in [0, 0.05) is 30.8 Å². The number of halogens is 3. The lowest BCUT2D eigenvalue weighted by atomic mass is 9.73. The summed E-state index contributed by atoms with van der Waals surface area (Å²) in [6.45, 7) is 8.02. The van der Waals surface area contributed by atoms with E-state index in [9.17, 15) is 18.7 Å². The molecule has 6 rings (SSSR count). The van der Waals surface area contributed by atoms with Crippen LogP contribution in [0.5, 0.6) is 11.5 Å². The Morgan fingerprint density at radius 1 is 1.02 bits per heavy atom. The van der Waals surface area contributed by atoms with Crippen molar-refractivity contribution in [3.63, 3.8) is 0 Å². The van der Waals surface area contributed by atoms with Gasteiger partial charge < -0.3 is 24.2 Å². The molecule has 1 aliphatic carbocycles. The molecule has 3 atom stereocenters. The van der Waals surface area contributed by atoms with Gasteiger partial charge in [-0.05, 0) is 125 Å². The van der Waals surface area contributed by atoms with Crippen molar-refractivity contribution in [2.75, 3.05) is 20.3 Å². The van der Waals surface area contributed by atoms with Crippen molar-refractivity contribution < 1.29 is 37.7 Å². The van der Waals surface area contributed by atoms with Gasteiger partial charge >= 0.3 is 6.09 Å². The molecule has 11 heteroatoms. The molecule has 284 valence electrons. The van der Waals surface area contributed by atoms with Crippen molar-refractivity contribution >= 4 is 29.2 Å². The number of benzene rings is 3. The average molecular weight is 751 g/mol. The number of carbonyl (C=O) groups is 2. The van der Waals surface area contributed by atoms with E-state index in [1.165, 1.54) is 0 Å². The molecule has 2 bridgehead atoms. The van der Waals surface area contributed by atoms with E-state index < -0.39 is 29.4 Å². The zero-order valence-electron chi connectivity index (χ0n) is 31.1. The number of piperidine rings is 1. The monoisotopic (exact) mass is 750 g/mol. The number of ether oxygens (including phenoxy) is 3. The van der Waals surface area contributed by atoms with Crippen LogP contribution in [-0.4, -0.2) is 71.0 Å². The molecular weight excluding hydrogens is 702 g/mol. The van der Waals surface area contributed by atoms with Crippen LogP contribution in [0.3, 0.4) is 0 Å². The van der Waals surface area contributed by atoms with Gasteiger partial charge in [-0.3, -0.25) is 9.69 Å². The summed E-state index contributed by atoms with van der Waals surface area (Å²) in [5.41, 5.74) is 4.64. The number of nitrogens with zero attached hydrogens (tertiary/aromatic N) is 2. The van der Waals surface area contributed by atoms with Crippen molar-refractivity contribution in [1.29, 1.82) is 0 Å². The fraction of sp³-hybridized carbons (Fsp3) is 0.476. The number of aliphatic hydroxyl groups excluding tert-OH is 1. The largest absolute Gasteiger partial charge is 0.496 e. The standard InChI is InChI=1S/C42H49ClF2N2O6/c1-25-29(9-6-10-36(25)51-5)23-46(30-15-16-30)40(49)37-32(22-31-20-27(24-48)21-35(37)47(31)41(50)53-42(2,3)4)28-13-11-26(12-14-28)8-7-19-52-39-34(45)18-17-33(44)38(39)43/h6,9-14,17-18,27,30-31,35,48H,7-8,15-16,19-24H2,1-5H3/t27?,31-,35+/m0/s1. The van der Waals surface area contributed by atoms with Gasteiger partial charge in [-0.15, -0.1) is 0 Å². The number of amides is 2. The van der Waals surface area contributed by atoms with Gasteiger partial charge in [0.1, 0.15) is 22.2 Å². The Kier molecular flexibility index (Phi) is 11.7. The Bertz CT molecular complexity index is 1860. The van der Waals surface area contributed by atoms with Gasteiger partial charge in [0.15, 0.2) is 11.6 Å². The second-order valence-electron chi connectivity index (χ2n) is 15.4. The van der Waals surface area contributed by atoms with E-state index >= 15 is 4.79 Å². The first kappa shape index (κ1) is 38.6. The first-order valence-electron chi connectivity index (χ1n) is 18.4. The molecule has 0 aromatic heterocycles. The second kappa shape index (κ2) is 16.1. The average Bonchev–Trinajstić information content (AvgIpc) is 3.96. The molecule has 53 heavy (non-hydrogen) atoms. The normalized spacial score (nSPS) is 19.9. The number of carbonyl (C=O) groups excluding carboxylic acids is 2. The predicted octanol–water partition coefficient (Wildman–Crippen LogP) is 8.67. The molecule has 2 fully saturated rings. The topological polar surface area (TPSA) is 88.5 Å². The maximum absolute atomic E-state index is 15.1. The molecule has 1 saturated heterocycles. The summed E-state index contributed by atoms with van der Waals surface area (Å²) in [5.74, 6) is -1.16. The Morgan fingerprint density at radius 2 is 1.74 bits per heavy atom. The van der Waals surface area contributed by atoms with Crippen molar-refractivity contribution in [2.45, 2.75) is 103 Å². The van der Waals surface area contributed by atoms with Gasteiger partial charge in [0.2, 0.25) is 0 Å². The number of aliphatic hydroxyl groups is 1. The first-order valence-corrected chi connectivity index (χ1v) is 18.8. The Morgan fingerprint density at radius 3 is 2.40 bits per heavy atom. The fourth-order valence-electron chi connectivity index (χ4n) is 7.66. The summed E-state index contributed by atoms with van der Waals surface area (Å²) >= 11 is 5.91. The highest BCUT2D eigenvalue weighted by Crippen LogP contribution is 2.46. The molecule has 1 N–H and O–H groups in total. The van der Waals surface area contributed by atoms with Crippen molar-refractivity contribution in [3.8, 4) is 11.5 Å². The molecule has 2 aliphatic heterocycles. The predicted molar refractivity (Wildman–Crippen MR) is 200 cm³/mol. The number of hydrogen-bond donors (Lipinski definition) is 1. The number of rotatable bonds is 12. The van der Waals surface area contributed by atoms with Crippen LogP contribution in [-0.2, 0) is 22.5 Å². The number of fused-ring (bicyclic) bond motifs is 2. The molecule has 3 aromatic rings. The molecule has 1 unspecified atom stereocenters. The lowest BCUT2D eigenvalue weighted by molar-refractivity contribution is -0.129. The van der Waals surface area contributed by atoms with Crippen LogP contribution >= 0.6 is 11.6 Å². The third-order valence-corrected chi connectivity index (χ3v) is 10.8. The summed E-state index contributed by atoms with van der Waals surface area (Å²) in [6.07, 6.45) is 3.98. The van der Waals surface area contributed by atoms with E-state index in [-0.39, 0.29) is 47.9 Å². The SMILES string of the molecule is COc1cccc(CN(C(=O)C2=C(c3ccc(CCCOc4c(F)ccc(F)c4Cl)cc3)C[C@@H]3CC(CO)C[C@H]2N3C(=O)OC(C)(C)C)C2CC2)c1C. The van der Waals surface area contributed by atoms with Gasteiger partial charge in [-0.2, -0.15) is 0 Å². The summed E-state index contributed by atoms with van der Waals surface area (Å²) in [4.78, 5) is 32.7. The highest BCUT2D eigenvalue weighted by atomic mass is 35.5. The molecule has 0 radical (unpaired) electrons. The van der Waals surface area contributed by atoms with Crippen molar-refractivity contribution in [2.24, 2.45) is 5.92 Å². The minimum Gasteiger partial charge on any atom is -0.496 e. The van der Waals surface area contributed by atoms with E-state index in [2.05, 4.69) is 0 Å². The van der Waals surface area contributed by atoms with Crippen LogP contribution in [0.25, 0.3) is 5.57 Å². The summed E-state index contributed by atoms with van der Waals surface area (Å²) < 4.78 is 45.0. The maximum atomic E-state index is 15.1. The zero-order chi connectivity index (χ0) is 38.0. The molecule has 1 saturated carbocycles. The van der Waals surface area contributed by atoms with Crippen LogP contribution < -0.4 is 9.47 Å². The minimum absolute atomic E-state index is 0.0300. The molecule has 2 amide bonds. The quantitative estimate of drug-likeness (QED) is 0.147. The van der Waals surface area contributed by atoms with Crippen molar-refractivity contribution in [1.82, 2.24) is 9.80 Å². The van der Waals surface area contributed by atoms with Gasteiger partial charge in [-0.1, -0.05) is 48.0 Å². The smallest absolute Gasteiger partial charge is 0.411 e. The summed E-state index contributed by atoms with van der Waals surface area (Å²) in [7, 11) is 1.64. The fourth-order valence-corrected chi connectivity index (χ4v) is 7.86. The van der Waals surface area contributed by atoms with E-state index in [1.807, 2.05) is 75.1 Å². The molecule has 3 aromatic carbocycles. The van der Waals surface area contributed by atoms with Gasteiger partial charge in [0.25, 0.3) is 5.91 Å². The van der Waals surface area contributed by atoms with Crippen LogP contribution in [0, 0.1) is 24.5 Å². The van der Waals surface area contributed by atoms with Crippen molar-refractivity contribution in [3.05, 3.63) is 99.1 Å². The number of aryl methyl sites for hydroxylation is 1. The number of hydrogen-bond acceptors (Lipinski definition) is 6. The van der Waals surface area contributed by atoms with E-state index in [4.69, 9.17) is 25.8 Å². The van der Waals surface area contributed by atoms with Crippen LogP contribution in [0.1, 0.15) is 81.5 Å². The lowest BCUT2D eigenvalue weighted by Crippen LogP contribution is -2.58. The molecule has 8 nitrogen and oxygen atoms in total. The highest BCUT2D eigenvalue weighted by molar-refractivity contribution is 6.32. The summed E-state index contributed by atoms with van der Waals surface area (Å²) in [6, 6.07) is 15.1. The third-order valence-electron chi connectivity index (χ3n) is 10.4. The van der Waals surface area contributed by atoms with E-state index in [1.54, 1.807) is 12.0 Å². The summed E-state index contributed by atoms with van der Waals surface area (Å²) in [5, 5.41) is 9.99. The van der Waals surface area contributed by atoms with Crippen LogP contribution in [0.15, 0.2) is 60.2 Å². The molecule has 3 aliphatic rings. The van der Waals surface area contributed by atoms with E-state index in [0.717, 1.165) is 58.6 Å². The first-order chi connectivity index (χ1) is 25.3. The zero-order valence-corrected chi connectivity index (χ0v) is 31.8. The Balaban J connectivity index is 1.32.